The topological polar surface area (TPSA) is 12.5 Å². The lowest BCUT2D eigenvalue weighted by molar-refractivity contribution is 0.361. The number of rotatable bonds is 0. The van der Waals surface area contributed by atoms with Crippen LogP contribution in [0.25, 0.3) is 0 Å². The molecule has 2 rings (SSSR count). The molecule has 0 aromatic carbocycles. The summed E-state index contributed by atoms with van der Waals surface area (Å²) in [4.78, 5) is 0. The summed E-state index contributed by atoms with van der Waals surface area (Å²) in [6, 6.07) is 0. The zero-order chi connectivity index (χ0) is 8.93. The predicted octanol–water partition coefficient (Wildman–Crippen LogP) is 3.22. The van der Waals surface area contributed by atoms with Gasteiger partial charge < -0.3 is 4.74 Å². The van der Waals surface area contributed by atoms with E-state index in [0.717, 1.165) is 6.42 Å². The Hall–Kier alpha value is -0.560. The third-order valence-electron chi connectivity index (χ3n) is 2.75. The van der Waals surface area contributed by atoms with Crippen LogP contribution in [0.2, 0.25) is 0 Å². The average Bonchev–Trinajstić information content (AvgIpc) is 2.83. The van der Waals surface area contributed by atoms with Crippen molar-refractivity contribution in [3.05, 3.63) is 24.3 Å². The van der Waals surface area contributed by atoms with Crippen LogP contribution in [0.5, 0.6) is 0 Å². The van der Waals surface area contributed by atoms with E-state index in [2.05, 4.69) is 24.3 Å². The van der Waals surface area contributed by atoms with Gasteiger partial charge in [-0.15, -0.1) is 0 Å². The second-order valence-corrected chi connectivity index (χ2v) is 3.90. The maximum absolute atomic E-state index is 5.56. The van der Waals surface area contributed by atoms with Gasteiger partial charge in [0.05, 0.1) is 12.2 Å². The highest BCUT2D eigenvalue weighted by atomic mass is 16.6. The van der Waals surface area contributed by atoms with Crippen LogP contribution in [0.3, 0.4) is 0 Å². The van der Waals surface area contributed by atoms with Crippen molar-refractivity contribution >= 4 is 0 Å². The van der Waals surface area contributed by atoms with E-state index >= 15 is 0 Å². The molecule has 13 heavy (non-hydrogen) atoms. The van der Waals surface area contributed by atoms with Crippen LogP contribution in [-0.2, 0) is 4.74 Å². The van der Waals surface area contributed by atoms with Crippen molar-refractivity contribution in [3.63, 3.8) is 0 Å². The van der Waals surface area contributed by atoms with E-state index in [4.69, 9.17) is 4.74 Å². The minimum absolute atomic E-state index is 0.555. The standard InChI is InChI=1S/C12H18O/c1-2-4-6-8-10-12-11(13-12)9-7-5-3-1/h1,3,6,8,11-12H,2,4-5,7,9-10H2/b3-1+,8-6+. The van der Waals surface area contributed by atoms with Crippen molar-refractivity contribution < 1.29 is 4.74 Å². The maximum Gasteiger partial charge on any atom is 0.0876 e. The molecule has 0 amide bonds. The van der Waals surface area contributed by atoms with E-state index in [9.17, 15) is 0 Å². The molecule has 1 aliphatic heterocycles. The van der Waals surface area contributed by atoms with Crippen LogP contribution in [0.15, 0.2) is 24.3 Å². The van der Waals surface area contributed by atoms with Crippen molar-refractivity contribution in [1.82, 2.24) is 0 Å². The number of epoxide rings is 1. The summed E-state index contributed by atoms with van der Waals surface area (Å²) < 4.78 is 5.56. The first-order valence-electron chi connectivity index (χ1n) is 5.42. The number of hydrogen-bond donors (Lipinski definition) is 0. The Morgan fingerprint density at radius 3 is 2.54 bits per heavy atom. The SMILES string of the molecule is C1=C/CCCC2OC2C/C=C/CC/1. The predicted molar refractivity (Wildman–Crippen MR) is 54.6 cm³/mol. The van der Waals surface area contributed by atoms with Gasteiger partial charge in [-0.3, -0.25) is 0 Å². The van der Waals surface area contributed by atoms with Crippen molar-refractivity contribution in [1.29, 1.82) is 0 Å². The highest BCUT2D eigenvalue weighted by Gasteiger charge is 2.36. The van der Waals surface area contributed by atoms with Gasteiger partial charge in [0.2, 0.25) is 0 Å². The number of hydrogen-bond acceptors (Lipinski definition) is 1. The summed E-state index contributed by atoms with van der Waals surface area (Å²) in [7, 11) is 0. The van der Waals surface area contributed by atoms with Crippen molar-refractivity contribution in [3.8, 4) is 0 Å². The average molecular weight is 178 g/mol. The molecule has 0 N–H and O–H groups in total. The van der Waals surface area contributed by atoms with E-state index < -0.39 is 0 Å². The van der Waals surface area contributed by atoms with Gasteiger partial charge in [0.15, 0.2) is 0 Å². The molecular weight excluding hydrogens is 160 g/mol. The van der Waals surface area contributed by atoms with Gasteiger partial charge >= 0.3 is 0 Å². The Morgan fingerprint density at radius 1 is 0.846 bits per heavy atom. The van der Waals surface area contributed by atoms with Crippen LogP contribution >= 0.6 is 0 Å². The summed E-state index contributed by atoms with van der Waals surface area (Å²) in [5.41, 5.74) is 0. The molecule has 1 fully saturated rings. The number of ether oxygens (including phenoxy) is 1. The molecule has 0 radical (unpaired) electrons. The first-order chi connectivity index (χ1) is 6.47. The van der Waals surface area contributed by atoms with Gasteiger partial charge in [0, 0.05) is 0 Å². The highest BCUT2D eigenvalue weighted by Crippen LogP contribution is 2.30. The molecule has 2 unspecified atom stereocenters. The van der Waals surface area contributed by atoms with E-state index in [1.165, 1.54) is 32.1 Å². The largest absolute Gasteiger partial charge is 0.369 e. The molecule has 1 heteroatoms. The van der Waals surface area contributed by atoms with Gasteiger partial charge in [-0.05, 0) is 38.5 Å². The lowest BCUT2D eigenvalue weighted by Gasteiger charge is -1.94. The molecule has 1 nitrogen and oxygen atoms in total. The monoisotopic (exact) mass is 178 g/mol. The van der Waals surface area contributed by atoms with E-state index in [-0.39, 0.29) is 0 Å². The van der Waals surface area contributed by atoms with Gasteiger partial charge in [0.1, 0.15) is 0 Å². The fourth-order valence-corrected chi connectivity index (χ4v) is 1.85. The molecule has 0 aromatic heterocycles. The molecule has 1 aliphatic carbocycles. The molecule has 0 bridgehead atoms. The Labute approximate surface area is 80.5 Å². The second kappa shape index (κ2) is 4.61. The molecule has 1 heterocycles. The number of fused-ring (bicyclic) bond motifs is 1. The smallest absolute Gasteiger partial charge is 0.0876 e. The molecule has 2 atom stereocenters. The Balaban J connectivity index is 1.80. The summed E-state index contributed by atoms with van der Waals surface area (Å²) >= 11 is 0. The van der Waals surface area contributed by atoms with Gasteiger partial charge in [0.25, 0.3) is 0 Å². The molecule has 72 valence electrons. The summed E-state index contributed by atoms with van der Waals surface area (Å²) in [6.07, 6.45) is 17.6. The maximum atomic E-state index is 5.56. The molecule has 0 spiro atoms. The molecule has 0 aromatic rings. The van der Waals surface area contributed by atoms with Gasteiger partial charge in [-0.1, -0.05) is 24.3 Å². The fraction of sp³-hybridized carbons (Fsp3) is 0.667. The molecule has 2 aliphatic rings. The lowest BCUT2D eigenvalue weighted by atomic mass is 10.1. The van der Waals surface area contributed by atoms with Crippen LogP contribution in [0.4, 0.5) is 0 Å². The third-order valence-corrected chi connectivity index (χ3v) is 2.75. The van der Waals surface area contributed by atoms with Crippen molar-refractivity contribution in [2.45, 2.75) is 50.7 Å². The highest BCUT2D eigenvalue weighted by molar-refractivity contribution is 4.96. The van der Waals surface area contributed by atoms with Crippen LogP contribution in [0.1, 0.15) is 38.5 Å². The number of allylic oxidation sites excluding steroid dienone is 3. The van der Waals surface area contributed by atoms with Crippen LogP contribution < -0.4 is 0 Å². The Kier molecular flexibility index (Phi) is 3.20. The quantitative estimate of drug-likeness (QED) is 0.410. The van der Waals surface area contributed by atoms with E-state index in [1.54, 1.807) is 0 Å². The van der Waals surface area contributed by atoms with Crippen molar-refractivity contribution in [2.75, 3.05) is 0 Å². The minimum Gasteiger partial charge on any atom is -0.369 e. The zero-order valence-electron chi connectivity index (χ0n) is 8.11. The van der Waals surface area contributed by atoms with E-state index in [0.29, 0.717) is 12.2 Å². The fourth-order valence-electron chi connectivity index (χ4n) is 1.85. The lowest BCUT2D eigenvalue weighted by Crippen LogP contribution is -1.92. The van der Waals surface area contributed by atoms with Gasteiger partial charge in [-0.25, -0.2) is 0 Å². The zero-order valence-corrected chi connectivity index (χ0v) is 8.11. The van der Waals surface area contributed by atoms with Crippen LogP contribution in [-0.4, -0.2) is 12.2 Å². The Bertz CT molecular complexity index is 205. The second-order valence-electron chi connectivity index (χ2n) is 3.90. The first-order valence-corrected chi connectivity index (χ1v) is 5.42. The third kappa shape index (κ3) is 3.00. The van der Waals surface area contributed by atoms with E-state index in [1.807, 2.05) is 0 Å². The summed E-state index contributed by atoms with van der Waals surface area (Å²) in [5, 5.41) is 0. The molecule has 0 saturated carbocycles. The normalized spacial score (nSPS) is 39.4. The molecule has 1 saturated heterocycles. The van der Waals surface area contributed by atoms with Crippen molar-refractivity contribution in [2.24, 2.45) is 0 Å². The Morgan fingerprint density at radius 2 is 1.62 bits per heavy atom. The molecular formula is C12H18O. The van der Waals surface area contributed by atoms with Gasteiger partial charge in [-0.2, -0.15) is 0 Å². The summed E-state index contributed by atoms with van der Waals surface area (Å²) in [5.74, 6) is 0. The summed E-state index contributed by atoms with van der Waals surface area (Å²) in [6.45, 7) is 0. The first kappa shape index (κ1) is 9.01. The minimum atomic E-state index is 0.555. The van der Waals surface area contributed by atoms with Crippen LogP contribution in [0, 0.1) is 0 Å².